The number of ether oxygens (including phenoxy) is 1. The minimum atomic E-state index is -3.44. The van der Waals surface area contributed by atoms with Crippen molar-refractivity contribution in [3.05, 3.63) is 29.8 Å². The van der Waals surface area contributed by atoms with Gasteiger partial charge in [-0.05, 0) is 29.0 Å². The molecule has 100 valence electrons. The summed E-state index contributed by atoms with van der Waals surface area (Å²) in [5.74, 6) is -0.0136. The molecule has 2 rings (SSSR count). The van der Waals surface area contributed by atoms with Gasteiger partial charge in [-0.1, -0.05) is 6.07 Å². The molecule has 0 bridgehead atoms. The van der Waals surface area contributed by atoms with Crippen LogP contribution < -0.4 is 4.74 Å². The molecule has 0 fully saturated rings. The number of rotatable bonds is 3. The maximum atomic E-state index is 11.7. The van der Waals surface area contributed by atoms with Crippen molar-refractivity contribution in [1.82, 2.24) is 0 Å². The Morgan fingerprint density at radius 2 is 1.95 bits per heavy atom. The van der Waals surface area contributed by atoms with Crippen LogP contribution in [-0.2, 0) is 9.84 Å². The first-order chi connectivity index (χ1) is 8.88. The third-order valence-electron chi connectivity index (χ3n) is 2.84. The molecule has 0 heterocycles. The van der Waals surface area contributed by atoms with Crippen molar-refractivity contribution >= 4 is 26.9 Å². The fourth-order valence-corrected chi connectivity index (χ4v) is 2.77. The first kappa shape index (κ1) is 13.4. The van der Waals surface area contributed by atoms with Gasteiger partial charge in [-0.3, -0.25) is 4.79 Å². The number of benzene rings is 2. The van der Waals surface area contributed by atoms with Crippen molar-refractivity contribution in [1.29, 1.82) is 0 Å². The van der Waals surface area contributed by atoms with Crippen LogP contribution in [0, 0.1) is 0 Å². The largest absolute Gasteiger partial charge is 0.507 e. The highest BCUT2D eigenvalue weighted by Gasteiger charge is 2.17. The summed E-state index contributed by atoms with van der Waals surface area (Å²) in [4.78, 5) is 11.1. The number of phenolic OH excluding ortho intramolecular Hbond substituents is 1. The van der Waals surface area contributed by atoms with Gasteiger partial charge in [-0.25, -0.2) is 8.42 Å². The number of fused-ring (bicyclic) bond motifs is 1. The highest BCUT2D eigenvalue weighted by Crippen LogP contribution is 2.33. The Kier molecular flexibility index (Phi) is 3.20. The fraction of sp³-hybridized carbons (Fsp3) is 0.154. The van der Waals surface area contributed by atoms with Crippen molar-refractivity contribution in [2.24, 2.45) is 0 Å². The lowest BCUT2D eigenvalue weighted by Crippen LogP contribution is -2.01. The van der Waals surface area contributed by atoms with Crippen LogP contribution in [0.5, 0.6) is 11.5 Å². The molecule has 19 heavy (non-hydrogen) atoms. The maximum absolute atomic E-state index is 11.7. The van der Waals surface area contributed by atoms with E-state index in [1.807, 2.05) is 0 Å². The van der Waals surface area contributed by atoms with Crippen LogP contribution in [0.1, 0.15) is 10.4 Å². The van der Waals surface area contributed by atoms with E-state index in [-0.39, 0.29) is 22.0 Å². The number of hydrogen-bond donors (Lipinski definition) is 1. The second kappa shape index (κ2) is 4.55. The molecule has 0 aliphatic carbocycles. The molecule has 0 amide bonds. The lowest BCUT2D eigenvalue weighted by atomic mass is 10.0. The van der Waals surface area contributed by atoms with Gasteiger partial charge >= 0.3 is 0 Å². The van der Waals surface area contributed by atoms with Gasteiger partial charge in [0.05, 0.1) is 12.7 Å². The Labute approximate surface area is 110 Å². The van der Waals surface area contributed by atoms with Crippen molar-refractivity contribution in [3.8, 4) is 11.5 Å². The van der Waals surface area contributed by atoms with Crippen LogP contribution in [0.25, 0.3) is 10.8 Å². The molecule has 0 atom stereocenters. The minimum Gasteiger partial charge on any atom is -0.507 e. The van der Waals surface area contributed by atoms with Gasteiger partial charge in [0, 0.05) is 6.26 Å². The second-order valence-corrected chi connectivity index (χ2v) is 6.10. The number of carbonyl (C=O) groups excluding carboxylic acids is 1. The lowest BCUT2D eigenvalue weighted by molar-refractivity contribution is 0.112. The summed E-state index contributed by atoms with van der Waals surface area (Å²) in [6.45, 7) is 0. The highest BCUT2D eigenvalue weighted by molar-refractivity contribution is 7.90. The van der Waals surface area contributed by atoms with Crippen LogP contribution in [-0.4, -0.2) is 33.2 Å². The average molecular weight is 280 g/mol. The number of methoxy groups -OCH3 is 1. The van der Waals surface area contributed by atoms with E-state index < -0.39 is 9.84 Å². The Balaban J connectivity index is 2.93. The second-order valence-electron chi connectivity index (χ2n) is 4.11. The number of sulfone groups is 1. The smallest absolute Gasteiger partial charge is 0.179 e. The van der Waals surface area contributed by atoms with E-state index in [0.29, 0.717) is 17.1 Å². The molecule has 1 N–H and O–H groups in total. The number of aromatic hydroxyl groups is 1. The summed E-state index contributed by atoms with van der Waals surface area (Å²) >= 11 is 0. The Morgan fingerprint density at radius 1 is 1.26 bits per heavy atom. The van der Waals surface area contributed by atoms with E-state index in [1.54, 1.807) is 6.07 Å². The standard InChI is InChI=1S/C13H12O5S/c1-18-12-6-9-8(5-13(12)19(2,16)17)3-4-11(15)10(9)7-14/h3-7,15H,1-2H3. The maximum Gasteiger partial charge on any atom is 0.179 e. The number of phenols is 1. The van der Waals surface area contributed by atoms with Gasteiger partial charge in [-0.2, -0.15) is 0 Å². The van der Waals surface area contributed by atoms with E-state index >= 15 is 0 Å². The molecule has 0 unspecified atom stereocenters. The summed E-state index contributed by atoms with van der Waals surface area (Å²) in [6, 6.07) is 5.77. The van der Waals surface area contributed by atoms with Gasteiger partial charge in [0.15, 0.2) is 16.1 Å². The Hall–Kier alpha value is -2.08. The van der Waals surface area contributed by atoms with Crippen molar-refractivity contribution in [2.45, 2.75) is 4.90 Å². The zero-order chi connectivity index (χ0) is 14.2. The molecule has 6 heteroatoms. The molecule has 0 aliphatic heterocycles. The molecule has 0 radical (unpaired) electrons. The zero-order valence-electron chi connectivity index (χ0n) is 10.4. The van der Waals surface area contributed by atoms with Crippen LogP contribution in [0.4, 0.5) is 0 Å². The molecule has 0 aliphatic rings. The average Bonchev–Trinajstić information content (AvgIpc) is 2.36. The molecular formula is C13H12O5S. The van der Waals surface area contributed by atoms with Crippen molar-refractivity contribution in [3.63, 3.8) is 0 Å². The van der Waals surface area contributed by atoms with E-state index in [2.05, 4.69) is 0 Å². The van der Waals surface area contributed by atoms with E-state index in [0.717, 1.165) is 6.26 Å². The molecule has 0 aromatic heterocycles. The zero-order valence-corrected chi connectivity index (χ0v) is 11.2. The van der Waals surface area contributed by atoms with Crippen molar-refractivity contribution in [2.75, 3.05) is 13.4 Å². The number of carbonyl (C=O) groups is 1. The summed E-state index contributed by atoms with van der Waals surface area (Å²) in [7, 11) is -2.10. The van der Waals surface area contributed by atoms with Gasteiger partial charge in [0.2, 0.25) is 0 Å². The highest BCUT2D eigenvalue weighted by atomic mass is 32.2. The third kappa shape index (κ3) is 2.26. The van der Waals surface area contributed by atoms with Crippen molar-refractivity contribution < 1.29 is 23.1 Å². The monoisotopic (exact) mass is 280 g/mol. The van der Waals surface area contributed by atoms with E-state index in [9.17, 15) is 18.3 Å². The van der Waals surface area contributed by atoms with Crippen LogP contribution in [0.2, 0.25) is 0 Å². The third-order valence-corrected chi connectivity index (χ3v) is 3.96. The minimum absolute atomic E-state index is 0.0463. The molecule has 5 nitrogen and oxygen atoms in total. The van der Waals surface area contributed by atoms with E-state index in [4.69, 9.17) is 4.74 Å². The quantitative estimate of drug-likeness (QED) is 0.867. The number of hydrogen-bond acceptors (Lipinski definition) is 5. The van der Waals surface area contributed by atoms with Gasteiger partial charge in [-0.15, -0.1) is 0 Å². The predicted molar refractivity (Wildman–Crippen MR) is 70.7 cm³/mol. The van der Waals surface area contributed by atoms with Gasteiger partial charge < -0.3 is 9.84 Å². The summed E-state index contributed by atoms with van der Waals surface area (Å²) < 4.78 is 28.4. The first-order valence-electron chi connectivity index (χ1n) is 5.37. The van der Waals surface area contributed by atoms with Crippen LogP contribution in [0.15, 0.2) is 29.2 Å². The summed E-state index contributed by atoms with van der Waals surface area (Å²) in [6.07, 6.45) is 1.61. The summed E-state index contributed by atoms with van der Waals surface area (Å²) in [5, 5.41) is 10.6. The normalized spacial score (nSPS) is 11.5. The summed E-state index contributed by atoms with van der Waals surface area (Å²) in [5.41, 5.74) is 0.107. The molecule has 0 saturated heterocycles. The molecule has 0 saturated carbocycles. The van der Waals surface area contributed by atoms with Gasteiger partial charge in [0.25, 0.3) is 0 Å². The molecule has 2 aromatic rings. The Morgan fingerprint density at radius 3 is 2.47 bits per heavy atom. The van der Waals surface area contributed by atoms with E-state index in [1.165, 1.54) is 25.3 Å². The molecular weight excluding hydrogens is 268 g/mol. The fourth-order valence-electron chi connectivity index (χ4n) is 1.92. The Bertz CT molecular complexity index is 762. The number of aldehydes is 1. The topological polar surface area (TPSA) is 80.7 Å². The molecule has 0 spiro atoms. The lowest BCUT2D eigenvalue weighted by Gasteiger charge is -2.10. The van der Waals surface area contributed by atoms with Crippen LogP contribution in [0.3, 0.4) is 0 Å². The SMILES string of the molecule is COc1cc2c(C=O)c(O)ccc2cc1S(C)(=O)=O. The molecule has 2 aromatic carbocycles. The predicted octanol–water partition coefficient (Wildman–Crippen LogP) is 1.77. The van der Waals surface area contributed by atoms with Gasteiger partial charge in [0.1, 0.15) is 16.4 Å². The van der Waals surface area contributed by atoms with Crippen LogP contribution >= 0.6 is 0 Å². The first-order valence-corrected chi connectivity index (χ1v) is 7.26.